The van der Waals surface area contributed by atoms with Gasteiger partial charge in [0.05, 0.1) is 0 Å². The molecule has 1 N–H and O–H groups in total. The molecular weight excluding hydrogens is 242 g/mol. The van der Waals surface area contributed by atoms with E-state index in [4.69, 9.17) is 0 Å². The number of pyridine rings is 1. The predicted octanol–water partition coefficient (Wildman–Crippen LogP) is 0.706. The van der Waals surface area contributed by atoms with Gasteiger partial charge in [0.2, 0.25) is 0 Å². The third kappa shape index (κ3) is 3.69. The van der Waals surface area contributed by atoms with Gasteiger partial charge in [-0.2, -0.15) is 0 Å². The molecule has 0 atom stereocenters. The first-order valence-corrected chi connectivity index (χ1v) is 6.16. The van der Waals surface area contributed by atoms with E-state index >= 15 is 0 Å². The van der Waals surface area contributed by atoms with E-state index in [1.807, 2.05) is 14.1 Å². The van der Waals surface area contributed by atoms with Crippen LogP contribution in [0.1, 0.15) is 16.9 Å². The van der Waals surface area contributed by atoms with Gasteiger partial charge in [0.1, 0.15) is 12.0 Å². The number of nitrogens with one attached hydrogen (secondary N) is 1. The van der Waals surface area contributed by atoms with Crippen molar-refractivity contribution in [2.75, 3.05) is 27.2 Å². The van der Waals surface area contributed by atoms with Crippen molar-refractivity contribution >= 4 is 16.9 Å². The van der Waals surface area contributed by atoms with E-state index < -0.39 is 0 Å². The van der Waals surface area contributed by atoms with Crippen molar-refractivity contribution in [3.05, 3.63) is 30.4 Å². The lowest BCUT2D eigenvalue weighted by Crippen LogP contribution is -2.27. The van der Waals surface area contributed by atoms with Crippen LogP contribution in [0.15, 0.2) is 24.7 Å². The van der Waals surface area contributed by atoms with Crippen LogP contribution in [0.5, 0.6) is 0 Å². The van der Waals surface area contributed by atoms with Crippen LogP contribution in [0.4, 0.5) is 0 Å². The molecule has 1 amide bonds. The van der Waals surface area contributed by atoms with Gasteiger partial charge in [-0.25, -0.2) is 15.0 Å². The zero-order chi connectivity index (χ0) is 13.7. The van der Waals surface area contributed by atoms with E-state index in [-0.39, 0.29) is 5.91 Å². The normalized spacial score (nSPS) is 10.9. The fraction of sp³-hybridized carbons (Fsp3) is 0.385. The SMILES string of the molecule is CN(C)CCCNC(=O)c1ccc2cncnc2n1. The molecule has 6 heteroatoms. The molecule has 6 nitrogen and oxygen atoms in total. The highest BCUT2D eigenvalue weighted by Crippen LogP contribution is 2.07. The lowest BCUT2D eigenvalue weighted by molar-refractivity contribution is 0.0947. The third-order valence-corrected chi connectivity index (χ3v) is 2.67. The van der Waals surface area contributed by atoms with Gasteiger partial charge in [0.25, 0.3) is 5.91 Å². The number of hydrogen-bond acceptors (Lipinski definition) is 5. The van der Waals surface area contributed by atoms with Crippen molar-refractivity contribution < 1.29 is 4.79 Å². The average Bonchev–Trinajstić information content (AvgIpc) is 2.42. The maximum Gasteiger partial charge on any atom is 0.269 e. The van der Waals surface area contributed by atoms with Crippen LogP contribution >= 0.6 is 0 Å². The van der Waals surface area contributed by atoms with E-state index in [9.17, 15) is 4.79 Å². The number of carbonyl (C=O) groups is 1. The zero-order valence-corrected chi connectivity index (χ0v) is 11.1. The number of amides is 1. The topological polar surface area (TPSA) is 71.0 Å². The standard InChI is InChI=1S/C13H17N5O/c1-18(2)7-3-6-15-13(19)11-5-4-10-8-14-9-16-12(10)17-11/h4-5,8-9H,3,6-7H2,1-2H3,(H,15,19). The Morgan fingerprint density at radius 3 is 3.00 bits per heavy atom. The molecule has 0 aliphatic heterocycles. The predicted molar refractivity (Wildman–Crippen MR) is 72.8 cm³/mol. The van der Waals surface area contributed by atoms with Crippen molar-refractivity contribution in [3.8, 4) is 0 Å². The van der Waals surface area contributed by atoms with Crippen LogP contribution in [-0.4, -0.2) is 52.9 Å². The largest absolute Gasteiger partial charge is 0.351 e. The Labute approximate surface area is 111 Å². The van der Waals surface area contributed by atoms with E-state index in [1.165, 1.54) is 6.33 Å². The Balaban J connectivity index is 1.97. The van der Waals surface area contributed by atoms with Gasteiger partial charge in [0, 0.05) is 18.1 Å². The Hall–Kier alpha value is -2.08. The molecule has 0 aliphatic carbocycles. The molecule has 2 aromatic heterocycles. The van der Waals surface area contributed by atoms with Gasteiger partial charge >= 0.3 is 0 Å². The molecule has 0 saturated carbocycles. The first-order valence-electron chi connectivity index (χ1n) is 6.16. The first kappa shape index (κ1) is 13.4. The van der Waals surface area contributed by atoms with Crippen LogP contribution in [0.25, 0.3) is 11.0 Å². The molecule has 0 spiro atoms. The fourth-order valence-electron chi connectivity index (χ4n) is 1.68. The summed E-state index contributed by atoms with van der Waals surface area (Å²) in [5.74, 6) is -0.167. The molecule has 0 aromatic carbocycles. The second-order valence-corrected chi connectivity index (χ2v) is 4.54. The minimum Gasteiger partial charge on any atom is -0.351 e. The van der Waals surface area contributed by atoms with E-state index in [1.54, 1.807) is 18.3 Å². The van der Waals surface area contributed by atoms with Crippen LogP contribution < -0.4 is 5.32 Å². The van der Waals surface area contributed by atoms with Gasteiger partial charge in [-0.05, 0) is 39.2 Å². The van der Waals surface area contributed by atoms with Crippen molar-refractivity contribution in [2.45, 2.75) is 6.42 Å². The summed E-state index contributed by atoms with van der Waals surface area (Å²) in [6.45, 7) is 1.58. The summed E-state index contributed by atoms with van der Waals surface area (Å²) in [5, 5.41) is 3.67. The first-order chi connectivity index (χ1) is 9.16. The molecule has 0 bridgehead atoms. The highest BCUT2D eigenvalue weighted by molar-refractivity contribution is 5.94. The second-order valence-electron chi connectivity index (χ2n) is 4.54. The number of hydrogen-bond donors (Lipinski definition) is 1. The summed E-state index contributed by atoms with van der Waals surface area (Å²) >= 11 is 0. The fourth-order valence-corrected chi connectivity index (χ4v) is 1.68. The Kier molecular flexibility index (Phi) is 4.35. The van der Waals surface area contributed by atoms with Crippen LogP contribution in [0, 0.1) is 0 Å². The molecular formula is C13H17N5O. The Morgan fingerprint density at radius 2 is 2.21 bits per heavy atom. The lowest BCUT2D eigenvalue weighted by Gasteiger charge is -2.09. The molecule has 2 aromatic rings. The van der Waals surface area contributed by atoms with E-state index in [0.717, 1.165) is 18.4 Å². The number of carbonyl (C=O) groups excluding carboxylic acids is 1. The van der Waals surface area contributed by atoms with E-state index in [0.29, 0.717) is 17.9 Å². The lowest BCUT2D eigenvalue weighted by atomic mass is 10.2. The van der Waals surface area contributed by atoms with Crippen molar-refractivity contribution in [3.63, 3.8) is 0 Å². The molecule has 19 heavy (non-hydrogen) atoms. The number of aromatic nitrogens is 3. The molecule has 0 saturated heterocycles. The Bertz CT molecular complexity index is 570. The average molecular weight is 259 g/mol. The quantitative estimate of drug-likeness (QED) is 0.801. The van der Waals surface area contributed by atoms with Gasteiger partial charge in [-0.15, -0.1) is 0 Å². The molecule has 0 aliphatic rings. The summed E-state index contributed by atoms with van der Waals surface area (Å²) in [4.78, 5) is 26.1. The zero-order valence-electron chi connectivity index (χ0n) is 11.1. The van der Waals surface area contributed by atoms with Crippen LogP contribution in [0.3, 0.4) is 0 Å². The monoisotopic (exact) mass is 259 g/mol. The van der Waals surface area contributed by atoms with Crippen LogP contribution in [0.2, 0.25) is 0 Å². The molecule has 0 fully saturated rings. The van der Waals surface area contributed by atoms with E-state index in [2.05, 4.69) is 25.2 Å². The smallest absolute Gasteiger partial charge is 0.269 e. The summed E-state index contributed by atoms with van der Waals surface area (Å²) < 4.78 is 0. The third-order valence-electron chi connectivity index (χ3n) is 2.67. The molecule has 100 valence electrons. The maximum atomic E-state index is 11.9. The number of nitrogens with zero attached hydrogens (tertiary/aromatic N) is 4. The summed E-state index contributed by atoms with van der Waals surface area (Å²) in [6, 6.07) is 3.49. The molecule has 2 rings (SSSR count). The Morgan fingerprint density at radius 1 is 1.37 bits per heavy atom. The molecule has 0 radical (unpaired) electrons. The highest BCUT2D eigenvalue weighted by Gasteiger charge is 2.07. The summed E-state index contributed by atoms with van der Waals surface area (Å²) in [7, 11) is 4.01. The summed E-state index contributed by atoms with van der Waals surface area (Å²) in [5.41, 5.74) is 0.923. The van der Waals surface area contributed by atoms with Gasteiger partial charge < -0.3 is 10.2 Å². The van der Waals surface area contributed by atoms with Gasteiger partial charge in [-0.1, -0.05) is 0 Å². The number of fused-ring (bicyclic) bond motifs is 1. The van der Waals surface area contributed by atoms with Crippen LogP contribution in [-0.2, 0) is 0 Å². The maximum absolute atomic E-state index is 11.9. The summed E-state index contributed by atoms with van der Waals surface area (Å²) in [6.07, 6.45) is 4.01. The van der Waals surface area contributed by atoms with Crippen molar-refractivity contribution in [1.82, 2.24) is 25.2 Å². The highest BCUT2D eigenvalue weighted by atomic mass is 16.1. The minimum absolute atomic E-state index is 0.167. The van der Waals surface area contributed by atoms with Gasteiger partial charge in [0.15, 0.2) is 5.65 Å². The van der Waals surface area contributed by atoms with Crippen molar-refractivity contribution in [2.24, 2.45) is 0 Å². The van der Waals surface area contributed by atoms with Gasteiger partial charge in [-0.3, -0.25) is 4.79 Å². The molecule has 2 heterocycles. The molecule has 0 unspecified atom stereocenters. The number of rotatable bonds is 5. The van der Waals surface area contributed by atoms with Crippen molar-refractivity contribution in [1.29, 1.82) is 0 Å². The minimum atomic E-state index is -0.167. The second kappa shape index (κ2) is 6.19.